The molecule has 0 aliphatic rings. The van der Waals surface area contributed by atoms with Crippen LogP contribution in [0.1, 0.15) is 6.92 Å². The van der Waals surface area contributed by atoms with Crippen LogP contribution in [0.15, 0.2) is 12.7 Å². The lowest BCUT2D eigenvalue weighted by Gasteiger charge is -2.05. The maximum Gasteiger partial charge on any atom is 0.184 e. The molecule has 0 aliphatic heterocycles. The van der Waals surface area contributed by atoms with Crippen LogP contribution in [0.2, 0.25) is 0 Å². The molecule has 10 heavy (non-hydrogen) atoms. The molecule has 0 amide bonds. The van der Waals surface area contributed by atoms with Gasteiger partial charge in [0, 0.05) is 6.54 Å². The zero-order valence-electron chi connectivity index (χ0n) is 6.13. The molecule has 58 valence electrons. The summed E-state index contributed by atoms with van der Waals surface area (Å²) in [5.41, 5.74) is 0. The van der Waals surface area contributed by atoms with Gasteiger partial charge in [-0.15, -0.1) is 0 Å². The van der Waals surface area contributed by atoms with Crippen LogP contribution in [0.25, 0.3) is 0 Å². The van der Waals surface area contributed by atoms with Gasteiger partial charge in [0.15, 0.2) is 5.78 Å². The van der Waals surface area contributed by atoms with E-state index in [4.69, 9.17) is 5.11 Å². The largest absolute Gasteiger partial charge is 0.384 e. The van der Waals surface area contributed by atoms with Crippen molar-refractivity contribution in [2.75, 3.05) is 13.1 Å². The molecule has 1 unspecified atom stereocenters. The zero-order chi connectivity index (χ0) is 7.98. The standard InChI is InChI=1S/C7H13NO2/c1-3-6(9)7(10)5-8-4-2/h3,7-8,10H,1,4-5H2,2H3. The Morgan fingerprint density at radius 2 is 2.50 bits per heavy atom. The second-order valence-electron chi connectivity index (χ2n) is 1.93. The third-order valence-electron chi connectivity index (χ3n) is 1.12. The van der Waals surface area contributed by atoms with E-state index in [1.807, 2.05) is 6.92 Å². The van der Waals surface area contributed by atoms with Crippen molar-refractivity contribution < 1.29 is 9.90 Å². The first kappa shape index (κ1) is 9.33. The van der Waals surface area contributed by atoms with Crippen LogP contribution >= 0.6 is 0 Å². The van der Waals surface area contributed by atoms with E-state index in [9.17, 15) is 4.79 Å². The molecule has 0 aromatic carbocycles. The summed E-state index contributed by atoms with van der Waals surface area (Å²) >= 11 is 0. The van der Waals surface area contributed by atoms with Crippen molar-refractivity contribution in [3.8, 4) is 0 Å². The van der Waals surface area contributed by atoms with Crippen molar-refractivity contribution in [1.29, 1.82) is 0 Å². The van der Waals surface area contributed by atoms with E-state index in [2.05, 4.69) is 11.9 Å². The minimum Gasteiger partial charge on any atom is -0.384 e. The number of carbonyl (C=O) groups is 1. The lowest BCUT2D eigenvalue weighted by Crippen LogP contribution is -2.31. The van der Waals surface area contributed by atoms with Gasteiger partial charge in [0.1, 0.15) is 6.10 Å². The summed E-state index contributed by atoms with van der Waals surface area (Å²) in [6.45, 7) is 6.22. The van der Waals surface area contributed by atoms with Crippen LogP contribution in [0.3, 0.4) is 0 Å². The molecule has 0 bridgehead atoms. The van der Waals surface area contributed by atoms with Crippen LogP contribution in [-0.4, -0.2) is 30.1 Å². The Morgan fingerprint density at radius 1 is 1.90 bits per heavy atom. The normalized spacial score (nSPS) is 12.6. The number of ketones is 1. The molecular formula is C7H13NO2. The van der Waals surface area contributed by atoms with E-state index in [0.29, 0.717) is 6.54 Å². The Kier molecular flexibility index (Phi) is 4.80. The van der Waals surface area contributed by atoms with E-state index in [0.717, 1.165) is 12.6 Å². The van der Waals surface area contributed by atoms with Gasteiger partial charge in [0.05, 0.1) is 0 Å². The first-order valence-electron chi connectivity index (χ1n) is 3.27. The number of likely N-dealkylation sites (N-methyl/N-ethyl adjacent to an activating group) is 1. The summed E-state index contributed by atoms with van der Waals surface area (Å²) in [6, 6.07) is 0. The zero-order valence-corrected chi connectivity index (χ0v) is 6.13. The first-order valence-corrected chi connectivity index (χ1v) is 3.27. The van der Waals surface area contributed by atoms with E-state index in [1.165, 1.54) is 0 Å². The number of aliphatic hydroxyl groups excluding tert-OH is 1. The molecule has 0 rings (SSSR count). The van der Waals surface area contributed by atoms with Gasteiger partial charge in [-0.05, 0) is 12.6 Å². The Morgan fingerprint density at radius 3 is 2.90 bits per heavy atom. The minimum absolute atomic E-state index is 0.307. The average molecular weight is 143 g/mol. The second kappa shape index (κ2) is 5.14. The number of hydrogen-bond donors (Lipinski definition) is 2. The Bertz CT molecular complexity index is 123. The monoisotopic (exact) mass is 143 g/mol. The summed E-state index contributed by atoms with van der Waals surface area (Å²) in [5, 5.41) is 11.8. The number of aliphatic hydroxyl groups is 1. The Labute approximate surface area is 60.7 Å². The summed E-state index contributed by atoms with van der Waals surface area (Å²) < 4.78 is 0. The molecule has 0 heterocycles. The molecule has 3 heteroatoms. The summed E-state index contributed by atoms with van der Waals surface area (Å²) in [4.78, 5) is 10.6. The maximum atomic E-state index is 10.6. The van der Waals surface area contributed by atoms with Gasteiger partial charge in [-0.1, -0.05) is 13.5 Å². The highest BCUT2D eigenvalue weighted by atomic mass is 16.3. The highest BCUT2D eigenvalue weighted by molar-refractivity contribution is 5.92. The van der Waals surface area contributed by atoms with Gasteiger partial charge < -0.3 is 10.4 Å². The number of carbonyl (C=O) groups excluding carboxylic acids is 1. The fraction of sp³-hybridized carbons (Fsp3) is 0.571. The van der Waals surface area contributed by atoms with Crippen LogP contribution in [0, 0.1) is 0 Å². The molecule has 0 fully saturated rings. The average Bonchev–Trinajstić information content (AvgIpc) is 1.98. The molecule has 0 saturated carbocycles. The molecule has 0 aromatic heterocycles. The fourth-order valence-electron chi connectivity index (χ4n) is 0.518. The fourth-order valence-corrected chi connectivity index (χ4v) is 0.518. The van der Waals surface area contributed by atoms with Crippen LogP contribution in [0.4, 0.5) is 0 Å². The van der Waals surface area contributed by atoms with E-state index in [-0.39, 0.29) is 5.78 Å². The smallest absolute Gasteiger partial charge is 0.184 e. The molecule has 0 spiro atoms. The van der Waals surface area contributed by atoms with Gasteiger partial charge in [-0.3, -0.25) is 4.79 Å². The summed E-state index contributed by atoms with van der Waals surface area (Å²) in [7, 11) is 0. The predicted octanol–water partition coefficient (Wildman–Crippen LogP) is -0.288. The van der Waals surface area contributed by atoms with E-state index < -0.39 is 6.10 Å². The Balaban J connectivity index is 3.51. The molecule has 3 nitrogen and oxygen atoms in total. The van der Waals surface area contributed by atoms with Crippen molar-refractivity contribution in [2.45, 2.75) is 13.0 Å². The van der Waals surface area contributed by atoms with E-state index in [1.54, 1.807) is 0 Å². The first-order chi connectivity index (χ1) is 4.72. The molecule has 1 atom stereocenters. The minimum atomic E-state index is -0.933. The summed E-state index contributed by atoms with van der Waals surface area (Å²) in [5.74, 6) is -0.332. The number of rotatable bonds is 5. The third kappa shape index (κ3) is 3.37. The molecular weight excluding hydrogens is 130 g/mol. The summed E-state index contributed by atoms with van der Waals surface area (Å²) in [6.07, 6.45) is 0.194. The van der Waals surface area contributed by atoms with Crippen molar-refractivity contribution in [1.82, 2.24) is 5.32 Å². The van der Waals surface area contributed by atoms with Crippen LogP contribution in [-0.2, 0) is 4.79 Å². The maximum absolute atomic E-state index is 10.6. The highest BCUT2D eigenvalue weighted by Gasteiger charge is 2.08. The SMILES string of the molecule is C=CC(=O)C(O)CNCC. The van der Waals surface area contributed by atoms with Crippen LogP contribution in [0.5, 0.6) is 0 Å². The van der Waals surface area contributed by atoms with Gasteiger partial charge in [-0.25, -0.2) is 0 Å². The lowest BCUT2D eigenvalue weighted by atomic mass is 10.2. The third-order valence-corrected chi connectivity index (χ3v) is 1.12. The lowest BCUT2D eigenvalue weighted by molar-refractivity contribution is -0.122. The molecule has 0 aliphatic carbocycles. The molecule has 0 saturated heterocycles. The number of nitrogens with one attached hydrogen (secondary N) is 1. The van der Waals surface area contributed by atoms with Crippen LogP contribution < -0.4 is 5.32 Å². The van der Waals surface area contributed by atoms with Crippen molar-refractivity contribution in [2.24, 2.45) is 0 Å². The Hall–Kier alpha value is -0.670. The number of hydrogen-bond acceptors (Lipinski definition) is 3. The predicted molar refractivity (Wildman–Crippen MR) is 39.8 cm³/mol. The van der Waals surface area contributed by atoms with Gasteiger partial charge in [0.25, 0.3) is 0 Å². The van der Waals surface area contributed by atoms with Gasteiger partial charge in [-0.2, -0.15) is 0 Å². The van der Waals surface area contributed by atoms with Crippen molar-refractivity contribution in [3.63, 3.8) is 0 Å². The van der Waals surface area contributed by atoms with Gasteiger partial charge in [0.2, 0.25) is 0 Å². The van der Waals surface area contributed by atoms with E-state index >= 15 is 0 Å². The second-order valence-corrected chi connectivity index (χ2v) is 1.93. The highest BCUT2D eigenvalue weighted by Crippen LogP contribution is 1.83. The molecule has 0 aromatic rings. The van der Waals surface area contributed by atoms with Gasteiger partial charge >= 0.3 is 0 Å². The molecule has 2 N–H and O–H groups in total. The van der Waals surface area contributed by atoms with Crippen molar-refractivity contribution in [3.05, 3.63) is 12.7 Å². The molecule has 0 radical (unpaired) electrons. The van der Waals surface area contributed by atoms with Crippen molar-refractivity contribution >= 4 is 5.78 Å². The quantitative estimate of drug-likeness (QED) is 0.520. The topological polar surface area (TPSA) is 49.3 Å².